The number of nitrogens with one attached hydrogen (secondary N) is 1. The minimum absolute atomic E-state index is 0.266. The van der Waals surface area contributed by atoms with Crippen LogP contribution in [0, 0.1) is 13.8 Å². The Hall–Kier alpha value is -2.54. The molecule has 1 atom stereocenters. The standard InChI is InChI=1S/C20H26N2O4S/c1-15-5-9-18(10-6-15)22(27(4,24)25)13-20(23)21-17(3)14-26-19-11-7-16(2)8-12-19/h5-12,17H,13-14H2,1-4H3,(H,21,23)/t17-/m1/s1. The van der Waals surface area contributed by atoms with E-state index < -0.39 is 10.0 Å². The van der Waals surface area contributed by atoms with Gasteiger partial charge >= 0.3 is 0 Å². The van der Waals surface area contributed by atoms with Gasteiger partial charge in [0.25, 0.3) is 0 Å². The SMILES string of the molecule is Cc1ccc(OC[C@@H](C)NC(=O)CN(c2ccc(C)cc2)S(C)(=O)=O)cc1. The van der Waals surface area contributed by atoms with Gasteiger partial charge < -0.3 is 10.1 Å². The van der Waals surface area contributed by atoms with Crippen LogP contribution in [0.25, 0.3) is 0 Å². The number of hydrogen-bond acceptors (Lipinski definition) is 4. The average molecular weight is 391 g/mol. The number of hydrogen-bond donors (Lipinski definition) is 1. The summed E-state index contributed by atoms with van der Waals surface area (Å²) in [5, 5.41) is 2.78. The summed E-state index contributed by atoms with van der Waals surface area (Å²) in [5.74, 6) is 0.333. The molecule has 2 aromatic rings. The Labute approximate surface area is 161 Å². The van der Waals surface area contributed by atoms with Crippen molar-refractivity contribution in [2.24, 2.45) is 0 Å². The zero-order valence-corrected chi connectivity index (χ0v) is 16.9. The van der Waals surface area contributed by atoms with Crippen molar-refractivity contribution < 1.29 is 17.9 Å². The molecule has 146 valence electrons. The number of benzene rings is 2. The minimum atomic E-state index is -3.58. The van der Waals surface area contributed by atoms with Gasteiger partial charge in [0.1, 0.15) is 18.9 Å². The topological polar surface area (TPSA) is 75.7 Å². The third kappa shape index (κ3) is 6.60. The van der Waals surface area contributed by atoms with Crippen molar-refractivity contribution >= 4 is 21.6 Å². The highest BCUT2D eigenvalue weighted by Gasteiger charge is 2.21. The Morgan fingerprint density at radius 3 is 2.07 bits per heavy atom. The molecule has 0 radical (unpaired) electrons. The number of carbonyl (C=O) groups is 1. The first-order valence-electron chi connectivity index (χ1n) is 8.68. The Morgan fingerprint density at radius 2 is 1.56 bits per heavy atom. The summed E-state index contributed by atoms with van der Waals surface area (Å²) in [6.07, 6.45) is 1.09. The van der Waals surface area contributed by atoms with Gasteiger partial charge in [0.2, 0.25) is 15.9 Å². The lowest BCUT2D eigenvalue weighted by atomic mass is 10.2. The molecule has 0 aromatic heterocycles. The third-order valence-corrected chi connectivity index (χ3v) is 5.08. The molecule has 0 saturated heterocycles. The number of amides is 1. The van der Waals surface area contributed by atoms with Crippen LogP contribution < -0.4 is 14.4 Å². The Balaban J connectivity index is 1.94. The van der Waals surface area contributed by atoms with Crippen LogP contribution in [0.4, 0.5) is 5.69 Å². The first kappa shape index (κ1) is 20.8. The maximum absolute atomic E-state index is 12.3. The van der Waals surface area contributed by atoms with Gasteiger partial charge in [-0.3, -0.25) is 9.10 Å². The summed E-state index contributed by atoms with van der Waals surface area (Å²) in [6.45, 7) is 5.73. The summed E-state index contributed by atoms with van der Waals surface area (Å²) in [7, 11) is -3.58. The maximum atomic E-state index is 12.3. The maximum Gasteiger partial charge on any atom is 0.241 e. The minimum Gasteiger partial charge on any atom is -0.491 e. The predicted octanol–water partition coefficient (Wildman–Crippen LogP) is 2.65. The molecule has 0 aliphatic carbocycles. The second-order valence-electron chi connectivity index (χ2n) is 6.70. The van der Waals surface area contributed by atoms with Gasteiger partial charge in [-0.15, -0.1) is 0 Å². The number of anilines is 1. The van der Waals surface area contributed by atoms with E-state index >= 15 is 0 Å². The van der Waals surface area contributed by atoms with Crippen molar-refractivity contribution in [3.05, 3.63) is 59.7 Å². The third-order valence-electron chi connectivity index (χ3n) is 3.94. The summed E-state index contributed by atoms with van der Waals surface area (Å²) in [6, 6.07) is 14.4. The molecule has 0 saturated carbocycles. The van der Waals surface area contributed by atoms with Crippen LogP contribution in [-0.2, 0) is 14.8 Å². The molecule has 0 fully saturated rings. The fourth-order valence-corrected chi connectivity index (χ4v) is 3.32. The number of nitrogens with zero attached hydrogens (tertiary/aromatic N) is 1. The lowest BCUT2D eigenvalue weighted by Gasteiger charge is -2.23. The van der Waals surface area contributed by atoms with E-state index in [1.54, 1.807) is 12.1 Å². The van der Waals surface area contributed by atoms with Crippen LogP contribution >= 0.6 is 0 Å². The average Bonchev–Trinajstić information content (AvgIpc) is 2.59. The van der Waals surface area contributed by atoms with E-state index in [0.717, 1.165) is 27.4 Å². The Bertz CT molecular complexity index is 862. The monoisotopic (exact) mass is 390 g/mol. The van der Waals surface area contributed by atoms with Crippen LogP contribution in [0.1, 0.15) is 18.1 Å². The van der Waals surface area contributed by atoms with Crippen molar-refractivity contribution in [1.29, 1.82) is 0 Å². The van der Waals surface area contributed by atoms with Gasteiger partial charge in [0, 0.05) is 0 Å². The summed E-state index contributed by atoms with van der Waals surface area (Å²) in [4.78, 5) is 12.3. The van der Waals surface area contributed by atoms with Crippen molar-refractivity contribution in [1.82, 2.24) is 5.32 Å². The number of aryl methyl sites for hydroxylation is 2. The van der Waals surface area contributed by atoms with Gasteiger partial charge in [0.15, 0.2) is 0 Å². The van der Waals surface area contributed by atoms with Crippen LogP contribution in [0.2, 0.25) is 0 Å². The molecule has 1 N–H and O–H groups in total. The Kier molecular flexibility index (Phi) is 6.85. The lowest BCUT2D eigenvalue weighted by Crippen LogP contribution is -2.44. The molecule has 0 spiro atoms. The predicted molar refractivity (Wildman–Crippen MR) is 108 cm³/mol. The molecule has 0 aliphatic rings. The fourth-order valence-electron chi connectivity index (χ4n) is 2.46. The van der Waals surface area contributed by atoms with E-state index in [4.69, 9.17) is 4.74 Å². The first-order valence-corrected chi connectivity index (χ1v) is 10.5. The molecule has 7 heteroatoms. The zero-order valence-electron chi connectivity index (χ0n) is 16.1. The highest BCUT2D eigenvalue weighted by Crippen LogP contribution is 2.18. The fraction of sp³-hybridized carbons (Fsp3) is 0.350. The molecule has 1 amide bonds. The number of carbonyl (C=O) groups excluding carboxylic acids is 1. The summed E-state index contributed by atoms with van der Waals surface area (Å²) < 4.78 is 30.9. The summed E-state index contributed by atoms with van der Waals surface area (Å²) >= 11 is 0. The molecule has 0 bridgehead atoms. The smallest absolute Gasteiger partial charge is 0.241 e. The van der Waals surface area contributed by atoms with E-state index in [1.807, 2.05) is 57.2 Å². The highest BCUT2D eigenvalue weighted by atomic mass is 32.2. The van der Waals surface area contributed by atoms with E-state index in [2.05, 4.69) is 5.32 Å². The molecular weight excluding hydrogens is 364 g/mol. The molecule has 6 nitrogen and oxygen atoms in total. The normalized spacial score (nSPS) is 12.3. The quantitative estimate of drug-likeness (QED) is 0.752. The van der Waals surface area contributed by atoms with Gasteiger partial charge in [-0.25, -0.2) is 8.42 Å². The molecule has 2 rings (SSSR count). The van der Waals surface area contributed by atoms with E-state index in [9.17, 15) is 13.2 Å². The first-order chi connectivity index (χ1) is 12.6. The molecule has 2 aromatic carbocycles. The van der Waals surface area contributed by atoms with Crippen LogP contribution in [0.3, 0.4) is 0 Å². The number of rotatable bonds is 8. The molecule has 0 aliphatic heterocycles. The molecule has 0 unspecified atom stereocenters. The highest BCUT2D eigenvalue weighted by molar-refractivity contribution is 7.92. The van der Waals surface area contributed by atoms with Gasteiger partial charge in [-0.1, -0.05) is 35.4 Å². The number of ether oxygens (including phenoxy) is 1. The van der Waals surface area contributed by atoms with E-state index in [1.165, 1.54) is 0 Å². The second kappa shape index (κ2) is 8.90. The largest absolute Gasteiger partial charge is 0.491 e. The van der Waals surface area contributed by atoms with Gasteiger partial charge in [-0.05, 0) is 45.0 Å². The van der Waals surface area contributed by atoms with Crippen molar-refractivity contribution in [3.8, 4) is 5.75 Å². The van der Waals surface area contributed by atoms with E-state index in [-0.39, 0.29) is 25.1 Å². The van der Waals surface area contributed by atoms with Crippen LogP contribution in [-0.4, -0.2) is 39.8 Å². The van der Waals surface area contributed by atoms with Gasteiger partial charge in [-0.2, -0.15) is 0 Å². The van der Waals surface area contributed by atoms with Crippen molar-refractivity contribution in [3.63, 3.8) is 0 Å². The van der Waals surface area contributed by atoms with Gasteiger partial charge in [0.05, 0.1) is 18.0 Å². The molecule has 27 heavy (non-hydrogen) atoms. The van der Waals surface area contributed by atoms with Crippen LogP contribution in [0.15, 0.2) is 48.5 Å². The molecule has 0 heterocycles. The van der Waals surface area contributed by atoms with Crippen LogP contribution in [0.5, 0.6) is 5.75 Å². The van der Waals surface area contributed by atoms with E-state index in [0.29, 0.717) is 5.69 Å². The zero-order chi connectivity index (χ0) is 20.0. The van der Waals surface area contributed by atoms with Crippen molar-refractivity contribution in [2.75, 3.05) is 23.7 Å². The Morgan fingerprint density at radius 1 is 1.04 bits per heavy atom. The second-order valence-corrected chi connectivity index (χ2v) is 8.60. The number of sulfonamides is 1. The van der Waals surface area contributed by atoms with Crippen molar-refractivity contribution in [2.45, 2.75) is 26.8 Å². The summed E-state index contributed by atoms with van der Waals surface area (Å²) in [5.41, 5.74) is 2.61. The lowest BCUT2D eigenvalue weighted by molar-refractivity contribution is -0.120. The molecular formula is C20H26N2O4S.